The molecule has 1 fully saturated rings. The number of nitro groups is 1. The summed E-state index contributed by atoms with van der Waals surface area (Å²) < 4.78 is 0. The van der Waals surface area contributed by atoms with Gasteiger partial charge >= 0.3 is 0 Å². The van der Waals surface area contributed by atoms with Gasteiger partial charge in [0.05, 0.1) is 11.1 Å². The van der Waals surface area contributed by atoms with Crippen molar-refractivity contribution in [3.8, 4) is 0 Å². The van der Waals surface area contributed by atoms with Crippen LogP contribution in [0.2, 0.25) is 0 Å². The first-order valence-corrected chi connectivity index (χ1v) is 5.95. The molecular weight excluding hydrogens is 236 g/mol. The number of hydrogen-bond donors (Lipinski definition) is 3. The minimum Gasteiger partial charge on any atom is -0.351 e. The number of carbonyl (C=O) groups is 1. The topological polar surface area (TPSA) is 100 Å². The lowest BCUT2D eigenvalue weighted by molar-refractivity contribution is -0.384. The van der Waals surface area contributed by atoms with E-state index in [1.165, 1.54) is 12.3 Å². The first-order valence-electron chi connectivity index (χ1n) is 5.95. The highest BCUT2D eigenvalue weighted by atomic mass is 16.6. The molecular formula is C11H16N4O3. The van der Waals surface area contributed by atoms with Crippen LogP contribution in [0, 0.1) is 10.1 Å². The van der Waals surface area contributed by atoms with E-state index in [0.29, 0.717) is 0 Å². The number of nitrogens with one attached hydrogen (secondary N) is 3. The summed E-state index contributed by atoms with van der Waals surface area (Å²) in [4.78, 5) is 24.5. The van der Waals surface area contributed by atoms with E-state index in [1.807, 2.05) is 6.92 Å². The lowest BCUT2D eigenvalue weighted by atomic mass is 10.00. The van der Waals surface area contributed by atoms with Crippen molar-refractivity contribution >= 4 is 11.6 Å². The maximum atomic E-state index is 11.9. The summed E-state index contributed by atoms with van der Waals surface area (Å²) in [5.41, 5.74) is 0.120. The molecule has 7 nitrogen and oxygen atoms in total. The third-order valence-corrected chi connectivity index (χ3v) is 3.20. The Hall–Kier alpha value is -1.89. The third-order valence-electron chi connectivity index (χ3n) is 3.20. The molecule has 1 aliphatic rings. The van der Waals surface area contributed by atoms with Gasteiger partial charge in [-0.1, -0.05) is 0 Å². The first kappa shape index (κ1) is 12.6. The zero-order valence-corrected chi connectivity index (χ0v) is 10.1. The Balaban J connectivity index is 2.00. The standard InChI is InChI=1S/C11H16N4O3/c1-7-9(3-2-4-12-7)14-11(16)10-5-8(6-13-10)15(17)18/h5-7,9,12-13H,2-4H2,1H3,(H,14,16). The van der Waals surface area contributed by atoms with Crippen LogP contribution in [-0.4, -0.2) is 34.4 Å². The van der Waals surface area contributed by atoms with Crippen LogP contribution < -0.4 is 10.6 Å². The van der Waals surface area contributed by atoms with E-state index in [1.54, 1.807) is 0 Å². The van der Waals surface area contributed by atoms with Crippen molar-refractivity contribution in [3.05, 3.63) is 28.1 Å². The molecule has 0 aliphatic carbocycles. The number of H-pyrrole nitrogens is 1. The molecule has 1 amide bonds. The van der Waals surface area contributed by atoms with Crippen molar-refractivity contribution in [2.75, 3.05) is 6.54 Å². The second-order valence-corrected chi connectivity index (χ2v) is 4.49. The molecule has 0 aromatic carbocycles. The van der Waals surface area contributed by atoms with E-state index in [9.17, 15) is 14.9 Å². The molecule has 1 aromatic heterocycles. The monoisotopic (exact) mass is 252 g/mol. The lowest BCUT2D eigenvalue weighted by Gasteiger charge is -2.30. The highest BCUT2D eigenvalue weighted by Gasteiger charge is 2.24. The van der Waals surface area contributed by atoms with Gasteiger partial charge in [0.25, 0.3) is 11.6 Å². The molecule has 0 spiro atoms. The second-order valence-electron chi connectivity index (χ2n) is 4.49. The van der Waals surface area contributed by atoms with Crippen LogP contribution in [0.15, 0.2) is 12.3 Å². The number of piperidine rings is 1. The van der Waals surface area contributed by atoms with Crippen LogP contribution in [0.1, 0.15) is 30.3 Å². The molecule has 1 aliphatic heterocycles. The Morgan fingerprint density at radius 3 is 3.00 bits per heavy atom. The van der Waals surface area contributed by atoms with Crippen molar-refractivity contribution in [1.82, 2.24) is 15.6 Å². The molecule has 2 rings (SSSR count). The summed E-state index contributed by atoms with van der Waals surface area (Å²) in [6, 6.07) is 1.53. The zero-order chi connectivity index (χ0) is 13.1. The summed E-state index contributed by atoms with van der Waals surface area (Å²) in [5, 5.41) is 16.7. The fourth-order valence-electron chi connectivity index (χ4n) is 2.11. The maximum Gasteiger partial charge on any atom is 0.287 e. The minimum absolute atomic E-state index is 0.0635. The normalized spacial score (nSPS) is 23.6. The van der Waals surface area contributed by atoms with Crippen LogP contribution in [0.25, 0.3) is 0 Å². The molecule has 98 valence electrons. The van der Waals surface area contributed by atoms with Gasteiger partial charge in [0, 0.05) is 18.2 Å². The van der Waals surface area contributed by atoms with Gasteiger partial charge in [0.1, 0.15) is 5.69 Å². The minimum atomic E-state index is -0.530. The Labute approximate surface area is 104 Å². The van der Waals surface area contributed by atoms with Gasteiger partial charge in [0.2, 0.25) is 0 Å². The van der Waals surface area contributed by atoms with E-state index in [0.717, 1.165) is 19.4 Å². The van der Waals surface area contributed by atoms with Gasteiger partial charge in [-0.25, -0.2) is 0 Å². The summed E-state index contributed by atoms with van der Waals surface area (Å²) in [6.07, 6.45) is 3.15. The predicted octanol–water partition coefficient (Wildman–Crippen LogP) is 0.793. The molecule has 0 saturated carbocycles. The number of aromatic nitrogens is 1. The summed E-state index contributed by atoms with van der Waals surface area (Å²) in [7, 11) is 0. The molecule has 18 heavy (non-hydrogen) atoms. The molecule has 3 N–H and O–H groups in total. The molecule has 7 heteroatoms. The number of amides is 1. The average molecular weight is 252 g/mol. The van der Waals surface area contributed by atoms with E-state index in [2.05, 4.69) is 15.6 Å². The number of nitrogens with zero attached hydrogens (tertiary/aromatic N) is 1. The number of carbonyl (C=O) groups excluding carboxylic acids is 1. The number of rotatable bonds is 3. The average Bonchev–Trinajstić information content (AvgIpc) is 2.81. The van der Waals surface area contributed by atoms with Gasteiger partial charge in [-0.2, -0.15) is 0 Å². The van der Waals surface area contributed by atoms with Crippen molar-refractivity contribution in [2.24, 2.45) is 0 Å². The van der Waals surface area contributed by atoms with Crippen molar-refractivity contribution in [2.45, 2.75) is 31.8 Å². The summed E-state index contributed by atoms with van der Waals surface area (Å²) >= 11 is 0. The van der Waals surface area contributed by atoms with E-state index < -0.39 is 4.92 Å². The van der Waals surface area contributed by atoms with Gasteiger partial charge in [-0.3, -0.25) is 14.9 Å². The van der Waals surface area contributed by atoms with Crippen LogP contribution >= 0.6 is 0 Å². The molecule has 1 aromatic rings. The van der Waals surface area contributed by atoms with Crippen LogP contribution in [0.3, 0.4) is 0 Å². The third kappa shape index (κ3) is 2.67. The van der Waals surface area contributed by atoms with Gasteiger partial charge < -0.3 is 15.6 Å². The predicted molar refractivity (Wildman–Crippen MR) is 65.4 cm³/mol. The smallest absolute Gasteiger partial charge is 0.287 e. The Morgan fingerprint density at radius 1 is 1.61 bits per heavy atom. The van der Waals surface area contributed by atoms with Crippen LogP contribution in [0.5, 0.6) is 0 Å². The Morgan fingerprint density at radius 2 is 2.39 bits per heavy atom. The van der Waals surface area contributed by atoms with Crippen molar-refractivity contribution in [3.63, 3.8) is 0 Å². The highest BCUT2D eigenvalue weighted by Crippen LogP contribution is 2.13. The summed E-state index contributed by atoms with van der Waals surface area (Å²) in [6.45, 7) is 2.97. The van der Waals surface area contributed by atoms with E-state index >= 15 is 0 Å². The Kier molecular flexibility index (Phi) is 3.61. The molecule has 0 bridgehead atoms. The van der Waals surface area contributed by atoms with Crippen molar-refractivity contribution < 1.29 is 9.72 Å². The van der Waals surface area contributed by atoms with Gasteiger partial charge in [0.15, 0.2) is 0 Å². The SMILES string of the molecule is CC1NCCCC1NC(=O)c1cc([N+](=O)[O-])c[nH]1. The fourth-order valence-corrected chi connectivity index (χ4v) is 2.11. The molecule has 1 saturated heterocycles. The number of aromatic amines is 1. The van der Waals surface area contributed by atoms with Gasteiger partial charge in [-0.05, 0) is 26.3 Å². The lowest BCUT2D eigenvalue weighted by Crippen LogP contribution is -2.51. The zero-order valence-electron chi connectivity index (χ0n) is 10.1. The molecule has 0 radical (unpaired) electrons. The number of hydrogen-bond acceptors (Lipinski definition) is 4. The second kappa shape index (κ2) is 5.18. The Bertz CT molecular complexity index is 457. The quantitative estimate of drug-likeness (QED) is 0.547. The highest BCUT2D eigenvalue weighted by molar-refractivity contribution is 5.93. The van der Waals surface area contributed by atoms with Crippen molar-refractivity contribution in [1.29, 1.82) is 0 Å². The van der Waals surface area contributed by atoms with Crippen LogP contribution in [-0.2, 0) is 0 Å². The van der Waals surface area contributed by atoms with Gasteiger partial charge in [-0.15, -0.1) is 0 Å². The molecule has 2 unspecified atom stereocenters. The maximum absolute atomic E-state index is 11.9. The largest absolute Gasteiger partial charge is 0.351 e. The first-order chi connectivity index (χ1) is 8.58. The molecule has 2 atom stereocenters. The van der Waals surface area contributed by atoms with E-state index in [4.69, 9.17) is 0 Å². The molecule has 2 heterocycles. The van der Waals surface area contributed by atoms with E-state index in [-0.39, 0.29) is 29.4 Å². The fraction of sp³-hybridized carbons (Fsp3) is 0.545. The summed E-state index contributed by atoms with van der Waals surface area (Å²) in [5.74, 6) is -0.302. The van der Waals surface area contributed by atoms with Crippen LogP contribution in [0.4, 0.5) is 5.69 Å².